The fourth-order valence-electron chi connectivity index (χ4n) is 7.50. The third-order valence-electron chi connectivity index (χ3n) is 11.0. The number of aliphatic hydroxyl groups excluding tert-OH is 1. The van der Waals surface area contributed by atoms with Crippen LogP contribution < -0.4 is 31.3 Å². The Morgan fingerprint density at radius 1 is 0.902 bits per heavy atom. The average Bonchev–Trinajstić information content (AvgIpc) is 3.94. The number of hydrogen-bond acceptors (Lipinski definition) is 11. The molecule has 0 spiro atoms. The number of ether oxygens (including phenoxy) is 1. The third-order valence-corrected chi connectivity index (χ3v) is 11.0. The Kier molecular flexibility index (Phi) is 15.6. The van der Waals surface area contributed by atoms with Crippen LogP contribution in [0.15, 0.2) is 85.1 Å². The van der Waals surface area contributed by atoms with Gasteiger partial charge in [0.05, 0.1) is 30.4 Å². The first-order valence-electron chi connectivity index (χ1n) is 20.7. The van der Waals surface area contributed by atoms with Crippen molar-refractivity contribution in [3.63, 3.8) is 0 Å². The topological polar surface area (TPSA) is 229 Å². The SMILES string of the molecule is CN[C@@H](C)C(=O)N[C@H]1Cc2ccc(cc2)NC(=O)CCCc2cn(nn2)CCOc2ccc(cc2)C[C@@H](C(=O)O)NC(=O)[C@H](Cc2ccccc2)NC(=O)[C@@H]2CCCN2C1O. The largest absolute Gasteiger partial charge is 0.492 e. The summed E-state index contributed by atoms with van der Waals surface area (Å²) in [6, 6.07) is 18.4. The van der Waals surface area contributed by atoms with Crippen LogP contribution in [-0.2, 0) is 56.2 Å². The summed E-state index contributed by atoms with van der Waals surface area (Å²) in [5, 5.41) is 44.9. The van der Waals surface area contributed by atoms with E-state index in [2.05, 4.69) is 36.9 Å². The summed E-state index contributed by atoms with van der Waals surface area (Å²) < 4.78 is 7.56. The molecule has 324 valence electrons. The van der Waals surface area contributed by atoms with Crippen LogP contribution in [-0.4, -0.2) is 116 Å². The number of nitrogens with zero attached hydrogens (tertiary/aromatic N) is 4. The molecule has 0 aliphatic carbocycles. The summed E-state index contributed by atoms with van der Waals surface area (Å²) in [6.07, 6.45) is 3.11. The zero-order valence-corrected chi connectivity index (χ0v) is 34.5. The molecule has 0 saturated carbocycles. The van der Waals surface area contributed by atoms with E-state index >= 15 is 0 Å². The van der Waals surface area contributed by atoms with Gasteiger partial charge in [0, 0.05) is 37.7 Å². The fraction of sp³-hybridized carbons (Fsp3) is 0.432. The Morgan fingerprint density at radius 3 is 2.34 bits per heavy atom. The lowest BCUT2D eigenvalue weighted by Gasteiger charge is -2.35. The number of carbonyl (C=O) groups is 5. The van der Waals surface area contributed by atoms with Crippen LogP contribution >= 0.6 is 0 Å². The van der Waals surface area contributed by atoms with E-state index in [-0.39, 0.29) is 37.5 Å². The molecular formula is C44H55N9O8. The number of anilines is 1. The van der Waals surface area contributed by atoms with Crippen LogP contribution in [0.2, 0.25) is 0 Å². The number of aryl methyl sites for hydroxylation is 1. The monoisotopic (exact) mass is 837 g/mol. The maximum Gasteiger partial charge on any atom is 0.326 e. The molecule has 4 amide bonds. The van der Waals surface area contributed by atoms with Crippen molar-refractivity contribution >= 4 is 35.3 Å². The molecule has 4 aromatic rings. The van der Waals surface area contributed by atoms with E-state index in [1.54, 1.807) is 60.0 Å². The number of nitrogens with one attached hydrogen (secondary N) is 5. The minimum absolute atomic E-state index is 0.0264. The predicted octanol–water partition coefficient (Wildman–Crippen LogP) is 1.59. The van der Waals surface area contributed by atoms with Crippen molar-refractivity contribution in [1.82, 2.24) is 41.2 Å². The van der Waals surface area contributed by atoms with Gasteiger partial charge in [-0.15, -0.1) is 5.10 Å². The summed E-state index contributed by atoms with van der Waals surface area (Å²) in [4.78, 5) is 68.3. The lowest BCUT2D eigenvalue weighted by atomic mass is 10.0. The van der Waals surface area contributed by atoms with Gasteiger partial charge in [-0.25, -0.2) is 9.48 Å². The van der Waals surface area contributed by atoms with Crippen molar-refractivity contribution < 1.29 is 38.9 Å². The molecule has 6 heterocycles. The minimum atomic E-state index is -1.31. The number of amides is 4. The second-order valence-corrected chi connectivity index (χ2v) is 15.6. The molecule has 0 radical (unpaired) electrons. The second-order valence-electron chi connectivity index (χ2n) is 15.6. The van der Waals surface area contributed by atoms with Gasteiger partial charge in [-0.05, 0) is 87.0 Å². The van der Waals surface area contributed by atoms with E-state index in [9.17, 15) is 34.2 Å². The Labute approximate surface area is 354 Å². The van der Waals surface area contributed by atoms with Crippen molar-refractivity contribution in [1.29, 1.82) is 0 Å². The molecule has 1 unspecified atom stereocenters. The average molecular weight is 838 g/mol. The molecule has 3 aromatic carbocycles. The zero-order valence-electron chi connectivity index (χ0n) is 34.5. The van der Waals surface area contributed by atoms with Crippen LogP contribution in [0.25, 0.3) is 0 Å². The number of carbonyl (C=O) groups excluding carboxylic acids is 4. The van der Waals surface area contributed by atoms with E-state index in [4.69, 9.17) is 4.74 Å². The van der Waals surface area contributed by atoms with Crippen molar-refractivity contribution in [3.05, 3.63) is 107 Å². The lowest BCUT2D eigenvalue weighted by molar-refractivity contribution is -0.142. The summed E-state index contributed by atoms with van der Waals surface area (Å²) >= 11 is 0. The second kappa shape index (κ2) is 21.4. The van der Waals surface area contributed by atoms with Crippen LogP contribution in [0, 0.1) is 0 Å². The van der Waals surface area contributed by atoms with Gasteiger partial charge in [0.1, 0.15) is 30.7 Å². The number of aliphatic hydroxyl groups is 1. The van der Waals surface area contributed by atoms with Gasteiger partial charge in [-0.1, -0.05) is 59.8 Å². The Morgan fingerprint density at radius 2 is 1.62 bits per heavy atom. The van der Waals surface area contributed by atoms with E-state index in [1.165, 1.54) is 0 Å². The molecule has 1 fully saturated rings. The smallest absolute Gasteiger partial charge is 0.326 e. The van der Waals surface area contributed by atoms with Crippen molar-refractivity contribution in [2.45, 2.75) is 101 Å². The van der Waals surface area contributed by atoms with Crippen LogP contribution in [0.5, 0.6) is 5.75 Å². The van der Waals surface area contributed by atoms with Gasteiger partial charge in [0.15, 0.2) is 0 Å². The first-order chi connectivity index (χ1) is 29.4. The third kappa shape index (κ3) is 12.7. The summed E-state index contributed by atoms with van der Waals surface area (Å²) in [5.41, 5.74) is 3.50. The van der Waals surface area contributed by atoms with Crippen LogP contribution in [0.1, 0.15) is 55.0 Å². The molecule has 61 heavy (non-hydrogen) atoms. The quantitative estimate of drug-likeness (QED) is 0.147. The minimum Gasteiger partial charge on any atom is -0.492 e. The number of likely N-dealkylation sites (N-methyl/N-ethyl adjacent to an activating group) is 1. The van der Waals surface area contributed by atoms with Crippen LogP contribution in [0.4, 0.5) is 5.69 Å². The Bertz CT molecular complexity index is 2100. The van der Waals surface area contributed by atoms with E-state index in [1.807, 2.05) is 48.7 Å². The lowest BCUT2D eigenvalue weighted by Crippen LogP contribution is -2.60. The molecule has 1 aromatic heterocycles. The molecule has 17 heteroatoms. The molecule has 6 atom stereocenters. The molecular weight excluding hydrogens is 783 g/mol. The zero-order chi connectivity index (χ0) is 43.3. The molecule has 6 bridgehead atoms. The Balaban J connectivity index is 1.26. The highest BCUT2D eigenvalue weighted by Gasteiger charge is 2.40. The van der Waals surface area contributed by atoms with Gasteiger partial charge in [-0.2, -0.15) is 0 Å². The van der Waals surface area contributed by atoms with Crippen LogP contribution in [0.3, 0.4) is 0 Å². The van der Waals surface area contributed by atoms with Crippen molar-refractivity contribution in [2.75, 3.05) is 25.5 Å². The highest BCUT2D eigenvalue weighted by molar-refractivity contribution is 5.92. The van der Waals surface area contributed by atoms with Gasteiger partial charge in [0.25, 0.3) is 0 Å². The predicted molar refractivity (Wildman–Crippen MR) is 225 cm³/mol. The summed E-state index contributed by atoms with van der Waals surface area (Å²) in [6.45, 7) is 2.77. The summed E-state index contributed by atoms with van der Waals surface area (Å²) in [5.74, 6) is -2.36. The number of hydrogen-bond donors (Lipinski definition) is 7. The highest BCUT2D eigenvalue weighted by atomic mass is 16.5. The van der Waals surface area contributed by atoms with Gasteiger partial charge < -0.3 is 41.5 Å². The maximum absolute atomic E-state index is 14.2. The standard InChI is InChI=1S/C44H55N9O8/c1-28(45-2)40(55)48-36-25-30-13-17-32(18-14-30)46-39(54)12-6-10-33-27-52(51-50-33)22-23-61-34-19-15-31(16-20-34)26-37(44(59)60)49-41(56)35(24-29-8-4-3-5-9-29)47-42(57)38-11-7-21-53(38)43(36)58/h3-5,8-9,13-20,27-28,35-38,43,45,58H,6-7,10-12,21-26H2,1-2H3,(H,46,54)(H,47,57)(H,48,55)(H,49,56)(H,59,60)/t28-,35-,36-,37-,38-,43?/m0/s1. The van der Waals surface area contributed by atoms with Gasteiger partial charge in [0.2, 0.25) is 23.6 Å². The molecule has 9 rings (SSSR count). The maximum atomic E-state index is 14.2. The van der Waals surface area contributed by atoms with E-state index in [0.717, 1.165) is 16.8 Å². The number of rotatable bonds is 6. The number of benzene rings is 3. The first kappa shape index (κ1) is 44.4. The van der Waals surface area contributed by atoms with Gasteiger partial charge in [-0.3, -0.25) is 24.1 Å². The molecule has 5 aliphatic heterocycles. The van der Waals surface area contributed by atoms with E-state index in [0.29, 0.717) is 62.4 Å². The van der Waals surface area contributed by atoms with E-state index < -0.39 is 54.2 Å². The summed E-state index contributed by atoms with van der Waals surface area (Å²) in [7, 11) is 1.65. The molecule has 7 N–H and O–H groups in total. The Hall–Kier alpha value is -6.17. The van der Waals surface area contributed by atoms with Crippen molar-refractivity contribution in [2.24, 2.45) is 0 Å². The first-order valence-corrected chi connectivity index (χ1v) is 20.7. The number of aliphatic carboxylic acids is 1. The number of carboxylic acids is 1. The molecule has 5 aliphatic rings. The number of aromatic nitrogens is 3. The number of carboxylic acid groups (broad SMARTS) is 1. The molecule has 17 nitrogen and oxygen atoms in total. The van der Waals surface area contributed by atoms with Crippen molar-refractivity contribution in [3.8, 4) is 5.75 Å². The normalized spacial score (nSPS) is 23.0. The van der Waals surface area contributed by atoms with Gasteiger partial charge >= 0.3 is 5.97 Å². The fourth-order valence-corrected chi connectivity index (χ4v) is 7.50. The molecule has 1 saturated heterocycles. The highest BCUT2D eigenvalue weighted by Crippen LogP contribution is 2.24.